The quantitative estimate of drug-likeness (QED) is 0.650. The van der Waals surface area contributed by atoms with Crippen molar-refractivity contribution < 1.29 is 46.1 Å². The molecule has 0 unspecified atom stereocenters. The Hall–Kier alpha value is -1.56. The fourth-order valence-electron chi connectivity index (χ4n) is 0.994. The minimum absolute atomic E-state index is 0.921. The van der Waals surface area contributed by atoms with Crippen LogP contribution in [0.3, 0.4) is 0 Å². The zero-order valence-electron chi connectivity index (χ0n) is 11.6. The van der Waals surface area contributed by atoms with Crippen molar-refractivity contribution in [2.45, 2.75) is 12.4 Å². The largest absolute Gasteiger partial charge is 0.490 e. The Morgan fingerprint density at radius 2 is 1.27 bits per heavy atom. The van der Waals surface area contributed by atoms with E-state index in [4.69, 9.17) is 19.8 Å². The SMILES string of the molecule is CN(C)CC1CNC1.O=C(O)C(F)(F)F.O=C(O)C(F)(F)F. The molecule has 22 heavy (non-hydrogen) atoms. The van der Waals surface area contributed by atoms with Crippen LogP contribution in [0, 0.1) is 5.92 Å². The lowest BCUT2D eigenvalue weighted by atomic mass is 10.0. The molecule has 6 nitrogen and oxygen atoms in total. The van der Waals surface area contributed by atoms with E-state index < -0.39 is 24.3 Å². The maximum Gasteiger partial charge on any atom is 0.490 e. The highest BCUT2D eigenvalue weighted by atomic mass is 19.4. The molecule has 0 aromatic heterocycles. The van der Waals surface area contributed by atoms with E-state index in [1.165, 1.54) is 19.6 Å². The number of aliphatic carboxylic acids is 2. The second kappa shape index (κ2) is 9.46. The van der Waals surface area contributed by atoms with Crippen LogP contribution in [0.15, 0.2) is 0 Å². The number of nitrogens with zero attached hydrogens (tertiary/aromatic N) is 1. The third kappa shape index (κ3) is 13.4. The normalized spacial score (nSPS) is 15.0. The summed E-state index contributed by atoms with van der Waals surface area (Å²) in [6.45, 7) is 3.68. The molecule has 0 aliphatic carbocycles. The predicted octanol–water partition coefficient (Wildman–Crippen LogP) is 1.03. The smallest absolute Gasteiger partial charge is 0.475 e. The van der Waals surface area contributed by atoms with Crippen molar-refractivity contribution in [2.24, 2.45) is 5.92 Å². The van der Waals surface area contributed by atoms with Crippen LogP contribution < -0.4 is 5.32 Å². The first-order valence-corrected chi connectivity index (χ1v) is 5.63. The van der Waals surface area contributed by atoms with Gasteiger partial charge < -0.3 is 20.4 Å². The highest BCUT2D eigenvalue weighted by Gasteiger charge is 2.38. The predicted molar refractivity (Wildman–Crippen MR) is 62.3 cm³/mol. The Balaban J connectivity index is 0. The molecule has 0 aromatic carbocycles. The van der Waals surface area contributed by atoms with Gasteiger partial charge in [0.1, 0.15) is 0 Å². The van der Waals surface area contributed by atoms with Gasteiger partial charge in [-0.3, -0.25) is 0 Å². The Labute approximate surface area is 121 Å². The summed E-state index contributed by atoms with van der Waals surface area (Å²) < 4.78 is 63.5. The fourth-order valence-corrected chi connectivity index (χ4v) is 0.994. The number of hydrogen-bond acceptors (Lipinski definition) is 4. The standard InChI is InChI=1S/C6H14N2.2C2HF3O2/c1-8(2)5-6-3-7-4-6;2*3-2(4,5)1(6)7/h6-7H,3-5H2,1-2H3;2*(H,6,7). The molecular formula is C10H16F6N2O4. The number of carboxylic acids is 2. The van der Waals surface area contributed by atoms with Gasteiger partial charge in [0, 0.05) is 19.6 Å². The second-order valence-electron chi connectivity index (χ2n) is 4.39. The van der Waals surface area contributed by atoms with Gasteiger partial charge in [-0.25, -0.2) is 9.59 Å². The van der Waals surface area contributed by atoms with Crippen LogP contribution >= 0.6 is 0 Å². The van der Waals surface area contributed by atoms with Crippen molar-refractivity contribution in [1.29, 1.82) is 0 Å². The van der Waals surface area contributed by atoms with Gasteiger partial charge in [0.2, 0.25) is 0 Å². The summed E-state index contributed by atoms with van der Waals surface area (Å²) in [5, 5.41) is 17.5. The number of hydrogen-bond donors (Lipinski definition) is 3. The van der Waals surface area contributed by atoms with Crippen molar-refractivity contribution in [3.63, 3.8) is 0 Å². The second-order valence-corrected chi connectivity index (χ2v) is 4.39. The summed E-state index contributed by atoms with van der Waals surface area (Å²) in [5.41, 5.74) is 0. The van der Waals surface area contributed by atoms with E-state index in [1.807, 2.05) is 0 Å². The van der Waals surface area contributed by atoms with E-state index in [1.54, 1.807) is 0 Å². The molecule has 0 atom stereocenters. The Bertz CT molecular complexity index is 328. The van der Waals surface area contributed by atoms with Crippen molar-refractivity contribution >= 4 is 11.9 Å². The average molecular weight is 342 g/mol. The molecule has 0 amide bonds. The first-order valence-electron chi connectivity index (χ1n) is 5.63. The molecule has 1 aliphatic rings. The van der Waals surface area contributed by atoms with Crippen LogP contribution in [0.1, 0.15) is 0 Å². The zero-order chi connectivity index (χ0) is 18.1. The minimum Gasteiger partial charge on any atom is -0.475 e. The third-order valence-electron chi connectivity index (χ3n) is 1.97. The summed E-state index contributed by atoms with van der Waals surface area (Å²) in [7, 11) is 4.25. The molecule has 0 saturated carbocycles. The minimum atomic E-state index is -5.08. The van der Waals surface area contributed by atoms with E-state index in [-0.39, 0.29) is 0 Å². The topological polar surface area (TPSA) is 89.9 Å². The van der Waals surface area contributed by atoms with Crippen LogP contribution in [0.2, 0.25) is 0 Å². The lowest BCUT2D eigenvalue weighted by molar-refractivity contribution is -0.193. The van der Waals surface area contributed by atoms with Crippen molar-refractivity contribution in [3.05, 3.63) is 0 Å². The van der Waals surface area contributed by atoms with Crippen LogP contribution in [0.5, 0.6) is 0 Å². The van der Waals surface area contributed by atoms with Crippen LogP contribution in [-0.2, 0) is 9.59 Å². The molecule has 0 spiro atoms. The highest BCUT2D eigenvalue weighted by Crippen LogP contribution is 2.13. The first kappa shape index (κ1) is 22.7. The Morgan fingerprint density at radius 3 is 1.32 bits per heavy atom. The lowest BCUT2D eigenvalue weighted by Gasteiger charge is -2.29. The number of carbonyl (C=O) groups is 2. The van der Waals surface area contributed by atoms with Crippen molar-refractivity contribution in [1.82, 2.24) is 10.2 Å². The number of nitrogens with one attached hydrogen (secondary N) is 1. The van der Waals surface area contributed by atoms with Crippen LogP contribution in [0.25, 0.3) is 0 Å². The molecule has 0 bridgehead atoms. The average Bonchev–Trinajstić information content (AvgIpc) is 2.22. The van der Waals surface area contributed by atoms with Gasteiger partial charge in [0.05, 0.1) is 0 Å². The fraction of sp³-hybridized carbons (Fsp3) is 0.800. The van der Waals surface area contributed by atoms with Gasteiger partial charge in [-0.15, -0.1) is 0 Å². The maximum absolute atomic E-state index is 10.6. The highest BCUT2D eigenvalue weighted by molar-refractivity contribution is 5.73. The van der Waals surface area contributed by atoms with E-state index in [9.17, 15) is 26.3 Å². The zero-order valence-corrected chi connectivity index (χ0v) is 11.6. The van der Waals surface area contributed by atoms with Crippen molar-refractivity contribution in [3.8, 4) is 0 Å². The van der Waals surface area contributed by atoms with Crippen LogP contribution in [0.4, 0.5) is 26.3 Å². The summed E-state index contributed by atoms with van der Waals surface area (Å²) in [6.07, 6.45) is -10.2. The molecule has 0 aromatic rings. The molecule has 1 heterocycles. The Kier molecular flexibility index (Phi) is 9.76. The van der Waals surface area contributed by atoms with Gasteiger partial charge in [-0.05, 0) is 20.0 Å². The molecule has 1 aliphatic heterocycles. The van der Waals surface area contributed by atoms with Gasteiger partial charge in [0.25, 0.3) is 0 Å². The van der Waals surface area contributed by atoms with E-state index in [0.29, 0.717) is 0 Å². The number of halogens is 6. The lowest BCUT2D eigenvalue weighted by Crippen LogP contribution is -2.46. The van der Waals surface area contributed by atoms with E-state index in [0.717, 1.165) is 5.92 Å². The maximum atomic E-state index is 10.6. The molecule has 1 saturated heterocycles. The summed E-state index contributed by atoms with van der Waals surface area (Å²) in [5.74, 6) is -4.59. The Morgan fingerprint density at radius 1 is 1.00 bits per heavy atom. The van der Waals surface area contributed by atoms with E-state index in [2.05, 4.69) is 24.3 Å². The molecular weight excluding hydrogens is 326 g/mol. The summed E-state index contributed by atoms with van der Waals surface area (Å²) in [6, 6.07) is 0. The number of carboxylic acid groups (broad SMARTS) is 2. The summed E-state index contributed by atoms with van der Waals surface area (Å²) >= 11 is 0. The van der Waals surface area contributed by atoms with Crippen molar-refractivity contribution in [2.75, 3.05) is 33.7 Å². The number of alkyl halides is 6. The summed E-state index contributed by atoms with van der Waals surface area (Å²) in [4.78, 5) is 20.0. The monoisotopic (exact) mass is 342 g/mol. The van der Waals surface area contributed by atoms with Gasteiger partial charge in [-0.1, -0.05) is 0 Å². The molecule has 132 valence electrons. The molecule has 1 fully saturated rings. The van der Waals surface area contributed by atoms with Gasteiger partial charge >= 0.3 is 24.3 Å². The van der Waals surface area contributed by atoms with Gasteiger partial charge in [-0.2, -0.15) is 26.3 Å². The number of rotatable bonds is 2. The van der Waals surface area contributed by atoms with Gasteiger partial charge in [0.15, 0.2) is 0 Å². The third-order valence-corrected chi connectivity index (χ3v) is 1.97. The first-order chi connectivity index (χ1) is 9.67. The van der Waals surface area contributed by atoms with Crippen LogP contribution in [-0.4, -0.2) is 73.1 Å². The molecule has 12 heteroatoms. The molecule has 3 N–H and O–H groups in total. The van der Waals surface area contributed by atoms with E-state index >= 15 is 0 Å². The molecule has 0 radical (unpaired) electrons. The molecule has 1 rings (SSSR count).